The lowest BCUT2D eigenvalue weighted by molar-refractivity contribution is 0.510. The van der Waals surface area contributed by atoms with Gasteiger partial charge in [-0.05, 0) is 12.8 Å². The molecule has 0 aliphatic rings. The van der Waals surface area contributed by atoms with Crippen molar-refractivity contribution in [2.24, 2.45) is 0 Å². The zero-order valence-corrected chi connectivity index (χ0v) is 33.3. The van der Waals surface area contributed by atoms with E-state index in [4.69, 9.17) is 0 Å². The number of hydrogen-bond acceptors (Lipinski definition) is 0. The number of unbranched alkanes of at least 4 members (excludes halogenated alkanes) is 38. The van der Waals surface area contributed by atoms with E-state index in [2.05, 4.69) is 37.8 Å². The molecule has 0 radical (unpaired) electrons. The predicted octanol–water partition coefficient (Wildman–Crippen LogP) is 18.1. The van der Waals surface area contributed by atoms with Gasteiger partial charge in [-0.3, -0.25) is 0 Å². The minimum atomic E-state index is 1.22. The van der Waals surface area contributed by atoms with E-state index in [1.807, 2.05) is 12.2 Å². The van der Waals surface area contributed by atoms with Crippen molar-refractivity contribution >= 4 is 0 Å². The summed E-state index contributed by atoms with van der Waals surface area (Å²) in [6.07, 6.45) is 71.5. The van der Waals surface area contributed by atoms with Gasteiger partial charge in [0.15, 0.2) is 0 Å². The second-order valence-corrected chi connectivity index (χ2v) is 15.3. The molecule has 0 aliphatic carbocycles. The molecule has 0 saturated carbocycles. The van der Waals surface area contributed by atoms with Gasteiger partial charge in [0.25, 0.3) is 0 Å². The zero-order chi connectivity index (χ0) is 34.5. The third kappa shape index (κ3) is 45.0. The Morgan fingerprint density at radius 3 is 0.708 bits per heavy atom. The van der Waals surface area contributed by atoms with Gasteiger partial charge in [-0.25, -0.2) is 0 Å². The molecule has 0 aromatic carbocycles. The molecule has 0 unspecified atom stereocenters. The van der Waals surface area contributed by atoms with Crippen molar-refractivity contribution in [3.8, 4) is 0 Å². The van der Waals surface area contributed by atoms with Gasteiger partial charge < -0.3 is 0 Å². The molecule has 0 bridgehead atoms. The third-order valence-corrected chi connectivity index (χ3v) is 10.4. The molecule has 282 valence electrons. The van der Waals surface area contributed by atoms with Crippen molar-refractivity contribution in [1.82, 2.24) is 0 Å². The first kappa shape index (κ1) is 47.0. The molecule has 0 aromatic rings. The van der Waals surface area contributed by atoms with Crippen LogP contribution in [0.3, 0.4) is 0 Å². The number of hydrogen-bond donors (Lipinski definition) is 0. The Balaban J connectivity index is 3.08. The van der Waals surface area contributed by atoms with Crippen LogP contribution in [-0.4, -0.2) is 0 Å². The van der Waals surface area contributed by atoms with Crippen LogP contribution in [0.4, 0.5) is 0 Å². The van der Waals surface area contributed by atoms with Crippen LogP contribution in [-0.2, 0) is 0 Å². The monoisotopic (exact) mass is 667 g/mol. The Hall–Kier alpha value is -1.04. The fourth-order valence-corrected chi connectivity index (χ4v) is 7.15. The summed E-state index contributed by atoms with van der Waals surface area (Å²) in [5, 5.41) is 0. The second-order valence-electron chi connectivity index (χ2n) is 15.3. The van der Waals surface area contributed by atoms with Crippen molar-refractivity contribution in [2.45, 2.75) is 257 Å². The van der Waals surface area contributed by atoms with Crippen LogP contribution in [0.25, 0.3) is 0 Å². The van der Waals surface area contributed by atoms with E-state index < -0.39 is 0 Å². The molecular formula is C48H90. The maximum absolute atomic E-state index is 3.67. The summed E-state index contributed by atoms with van der Waals surface area (Å²) < 4.78 is 0. The Morgan fingerprint density at radius 1 is 0.250 bits per heavy atom. The molecule has 0 saturated heterocycles. The Bertz CT molecular complexity index is 651. The van der Waals surface area contributed by atoms with Gasteiger partial charge in [0.1, 0.15) is 0 Å². The Kier molecular flexibility index (Phi) is 45.0. The van der Waals surface area contributed by atoms with Gasteiger partial charge in [0, 0.05) is 0 Å². The summed E-state index contributed by atoms with van der Waals surface area (Å²) in [7, 11) is 0. The Morgan fingerprint density at radius 2 is 0.458 bits per heavy atom. The van der Waals surface area contributed by atoms with E-state index in [1.54, 1.807) is 6.08 Å². The lowest BCUT2D eigenvalue weighted by Gasteiger charge is -2.05. The molecule has 48 heavy (non-hydrogen) atoms. The fraction of sp³-hybridized carbons (Fsp3) is 0.833. The molecule has 0 fully saturated rings. The summed E-state index contributed by atoms with van der Waals surface area (Å²) >= 11 is 0. The maximum atomic E-state index is 3.67. The van der Waals surface area contributed by atoms with E-state index in [-0.39, 0.29) is 0 Å². The molecule has 0 aromatic heterocycles. The highest BCUT2D eigenvalue weighted by atomic mass is 14.0. The SMILES string of the molecule is C=CC=CC=CC=CCCCCCCCCCCCCCCCCCCCCCCCCCCCCCCCCCCCCCCCC. The first-order valence-corrected chi connectivity index (χ1v) is 22.5. The first-order chi connectivity index (χ1) is 23.9. The van der Waals surface area contributed by atoms with Crippen LogP contribution in [0.5, 0.6) is 0 Å². The highest BCUT2D eigenvalue weighted by Crippen LogP contribution is 2.17. The molecule has 0 rings (SSSR count). The smallest absolute Gasteiger partial charge is 0.0348 e. The van der Waals surface area contributed by atoms with E-state index >= 15 is 0 Å². The Labute approximate surface area is 305 Å². The van der Waals surface area contributed by atoms with Crippen LogP contribution < -0.4 is 0 Å². The highest BCUT2D eigenvalue weighted by Gasteiger charge is 1.98. The van der Waals surface area contributed by atoms with Crippen LogP contribution in [0, 0.1) is 0 Å². The predicted molar refractivity (Wildman–Crippen MR) is 223 cm³/mol. The van der Waals surface area contributed by atoms with Crippen molar-refractivity contribution in [2.75, 3.05) is 0 Å². The average molecular weight is 667 g/mol. The average Bonchev–Trinajstić information content (AvgIpc) is 3.10. The number of allylic oxidation sites excluding steroid dienone is 7. The van der Waals surface area contributed by atoms with Crippen LogP contribution in [0.1, 0.15) is 257 Å². The minimum Gasteiger partial charge on any atom is -0.0991 e. The van der Waals surface area contributed by atoms with Gasteiger partial charge in [-0.15, -0.1) is 0 Å². The molecule has 0 nitrogen and oxygen atoms in total. The van der Waals surface area contributed by atoms with Crippen LogP contribution >= 0.6 is 0 Å². The second kappa shape index (κ2) is 46.0. The molecule has 0 spiro atoms. The van der Waals surface area contributed by atoms with Crippen molar-refractivity contribution < 1.29 is 0 Å². The van der Waals surface area contributed by atoms with E-state index in [0.29, 0.717) is 0 Å². The highest BCUT2D eigenvalue weighted by molar-refractivity contribution is 5.14. The summed E-state index contributed by atoms with van der Waals surface area (Å²) in [5.74, 6) is 0. The molecular weight excluding hydrogens is 577 g/mol. The van der Waals surface area contributed by atoms with E-state index in [0.717, 1.165) is 0 Å². The largest absolute Gasteiger partial charge is 0.0991 e. The summed E-state index contributed by atoms with van der Waals surface area (Å²) in [4.78, 5) is 0. The third-order valence-electron chi connectivity index (χ3n) is 10.4. The first-order valence-electron chi connectivity index (χ1n) is 22.5. The van der Waals surface area contributed by atoms with Crippen LogP contribution in [0.15, 0.2) is 49.1 Å². The summed E-state index contributed by atoms with van der Waals surface area (Å²) in [6, 6.07) is 0. The van der Waals surface area contributed by atoms with Crippen molar-refractivity contribution in [1.29, 1.82) is 0 Å². The quantitative estimate of drug-likeness (QED) is 0.0449. The topological polar surface area (TPSA) is 0 Å². The lowest BCUT2D eigenvalue weighted by atomic mass is 10.0. The molecule has 0 aliphatic heterocycles. The van der Waals surface area contributed by atoms with Gasteiger partial charge in [0.05, 0.1) is 0 Å². The normalized spacial score (nSPS) is 12.0. The molecule has 0 N–H and O–H groups in total. The van der Waals surface area contributed by atoms with Gasteiger partial charge in [-0.2, -0.15) is 0 Å². The van der Waals surface area contributed by atoms with Crippen molar-refractivity contribution in [3.63, 3.8) is 0 Å². The van der Waals surface area contributed by atoms with E-state index in [9.17, 15) is 0 Å². The van der Waals surface area contributed by atoms with Crippen LogP contribution in [0.2, 0.25) is 0 Å². The van der Waals surface area contributed by atoms with Crippen molar-refractivity contribution in [3.05, 3.63) is 49.1 Å². The van der Waals surface area contributed by atoms with E-state index in [1.165, 1.54) is 250 Å². The summed E-state index contributed by atoms with van der Waals surface area (Å²) in [5.41, 5.74) is 0. The standard InChI is InChI=1S/C48H90/c1-3-5-7-9-11-13-15-17-19-21-23-25-27-29-31-33-35-37-39-41-43-45-47-48-46-44-42-40-38-36-34-32-30-28-26-24-22-20-18-16-14-12-10-8-6-4-2/h3,5,7,9,11,13,15H,1,4,6,8,10,12,14,16-48H2,2H3. The zero-order valence-electron chi connectivity index (χ0n) is 33.3. The fourth-order valence-electron chi connectivity index (χ4n) is 7.15. The number of rotatable bonds is 42. The van der Waals surface area contributed by atoms with Gasteiger partial charge >= 0.3 is 0 Å². The molecule has 0 atom stereocenters. The van der Waals surface area contributed by atoms with Gasteiger partial charge in [0.2, 0.25) is 0 Å². The molecule has 0 heterocycles. The summed E-state index contributed by atoms with van der Waals surface area (Å²) in [6.45, 7) is 5.98. The lowest BCUT2D eigenvalue weighted by Crippen LogP contribution is -1.85. The molecule has 0 amide bonds. The van der Waals surface area contributed by atoms with Gasteiger partial charge in [-0.1, -0.05) is 294 Å². The minimum absolute atomic E-state index is 1.22. The maximum Gasteiger partial charge on any atom is -0.0348 e. The molecule has 0 heteroatoms.